The molecule has 0 saturated carbocycles. The third kappa shape index (κ3) is 11.1. The highest BCUT2D eigenvalue weighted by Gasteiger charge is 2.38. The smallest absolute Gasteiger partial charge is 0.490 e. The highest BCUT2D eigenvalue weighted by atomic mass is 32.2. The summed E-state index contributed by atoms with van der Waals surface area (Å²) < 4.78 is 31.7. The van der Waals surface area contributed by atoms with Gasteiger partial charge in [0.2, 0.25) is 0 Å². The summed E-state index contributed by atoms with van der Waals surface area (Å²) in [5, 5.41) is 15.9. The second kappa shape index (κ2) is 10.6. The van der Waals surface area contributed by atoms with Gasteiger partial charge in [-0.05, 0) is 43.0 Å². The van der Waals surface area contributed by atoms with E-state index in [-0.39, 0.29) is 0 Å². The van der Waals surface area contributed by atoms with E-state index in [1.165, 1.54) is 4.90 Å². The van der Waals surface area contributed by atoms with Crippen LogP contribution in [0.15, 0.2) is 59.5 Å². The number of aryl methyl sites for hydroxylation is 1. The molecule has 23 heavy (non-hydrogen) atoms. The molecule has 0 fully saturated rings. The second-order valence-corrected chi connectivity index (χ2v) is 5.04. The van der Waals surface area contributed by atoms with Crippen LogP contribution >= 0.6 is 11.8 Å². The first-order valence-electron chi connectivity index (χ1n) is 6.31. The Balaban J connectivity index is 0.000000317. The molecule has 0 saturated heterocycles. The van der Waals surface area contributed by atoms with Crippen molar-refractivity contribution >= 4 is 17.7 Å². The summed E-state index contributed by atoms with van der Waals surface area (Å²) >= 11 is 1.77. The molecular weight excluding hydrogens is 329 g/mol. The van der Waals surface area contributed by atoms with Crippen LogP contribution in [0.3, 0.4) is 0 Å². The average Bonchev–Trinajstić information content (AvgIpc) is 2.48. The number of hydrogen-bond acceptors (Lipinski definition) is 3. The van der Waals surface area contributed by atoms with Gasteiger partial charge in [-0.25, -0.2) is 4.79 Å². The molecule has 0 radical (unpaired) electrons. The molecule has 2 aromatic rings. The number of carboxylic acids is 1. The molecule has 2 rings (SSSR count). The van der Waals surface area contributed by atoms with Gasteiger partial charge in [-0.3, -0.25) is 0 Å². The minimum atomic E-state index is -5.08. The van der Waals surface area contributed by atoms with E-state index in [2.05, 4.69) is 18.4 Å². The zero-order valence-corrected chi connectivity index (χ0v) is 13.4. The van der Waals surface area contributed by atoms with Crippen molar-refractivity contribution in [3.63, 3.8) is 0 Å². The lowest BCUT2D eigenvalue weighted by atomic mass is 10.2. The van der Waals surface area contributed by atoms with Gasteiger partial charge in [0.05, 0.1) is 0 Å². The minimum absolute atomic E-state index is 0.338. The summed E-state index contributed by atoms with van der Waals surface area (Å²) in [5.74, 6) is -2.42. The lowest BCUT2D eigenvalue weighted by molar-refractivity contribution is -0.192. The molecule has 2 aromatic carbocycles. The predicted molar refractivity (Wildman–Crippen MR) is 84.8 cm³/mol. The number of carbonyl (C=O) groups is 1. The zero-order valence-electron chi connectivity index (χ0n) is 12.5. The quantitative estimate of drug-likeness (QED) is 0.732. The van der Waals surface area contributed by atoms with Crippen LogP contribution in [0, 0.1) is 6.92 Å². The number of carboxylic acid groups (broad SMARTS) is 1. The van der Waals surface area contributed by atoms with Gasteiger partial charge in [0.1, 0.15) is 5.75 Å². The van der Waals surface area contributed by atoms with Crippen molar-refractivity contribution < 1.29 is 28.2 Å². The Labute approximate surface area is 136 Å². The van der Waals surface area contributed by atoms with E-state index in [0.29, 0.717) is 5.75 Å². The van der Waals surface area contributed by atoms with Gasteiger partial charge < -0.3 is 10.2 Å². The first-order chi connectivity index (χ1) is 10.7. The second-order valence-electron chi connectivity index (χ2n) is 4.16. The minimum Gasteiger partial charge on any atom is -0.508 e. The number of hydrogen-bond donors (Lipinski definition) is 2. The third-order valence-corrected chi connectivity index (χ3v) is 2.97. The van der Waals surface area contributed by atoms with Crippen LogP contribution in [0.5, 0.6) is 5.75 Å². The highest BCUT2D eigenvalue weighted by Crippen LogP contribution is 2.13. The van der Waals surface area contributed by atoms with Crippen molar-refractivity contribution in [1.82, 2.24) is 0 Å². The summed E-state index contributed by atoms with van der Waals surface area (Å²) in [5.41, 5.74) is 1.09. The van der Waals surface area contributed by atoms with E-state index < -0.39 is 12.1 Å². The van der Waals surface area contributed by atoms with Gasteiger partial charge >= 0.3 is 12.1 Å². The van der Waals surface area contributed by atoms with Gasteiger partial charge in [0.15, 0.2) is 0 Å². The molecular formula is C16H17F3O3S. The van der Waals surface area contributed by atoms with Crippen molar-refractivity contribution in [3.05, 3.63) is 60.2 Å². The SMILES string of the molecule is CSc1ccccc1.Cc1cccc(O)c1.O=C(O)C(F)(F)F. The fraction of sp³-hybridized carbons (Fsp3) is 0.188. The summed E-state index contributed by atoms with van der Waals surface area (Å²) in [6.07, 6.45) is -3.00. The van der Waals surface area contributed by atoms with Crippen molar-refractivity contribution in [2.75, 3.05) is 6.26 Å². The number of phenols is 1. The molecule has 0 atom stereocenters. The molecule has 0 bridgehead atoms. The van der Waals surface area contributed by atoms with E-state index in [0.717, 1.165) is 5.56 Å². The normalized spacial score (nSPS) is 9.78. The predicted octanol–water partition coefficient (Wildman–Crippen LogP) is 4.74. The first kappa shape index (κ1) is 20.9. The molecule has 0 unspecified atom stereocenters. The molecule has 0 heterocycles. The molecule has 0 aliphatic rings. The van der Waals surface area contributed by atoms with Gasteiger partial charge in [-0.1, -0.05) is 30.3 Å². The topological polar surface area (TPSA) is 57.5 Å². The summed E-state index contributed by atoms with van der Waals surface area (Å²) in [6, 6.07) is 17.5. The molecule has 126 valence electrons. The van der Waals surface area contributed by atoms with E-state index in [4.69, 9.17) is 15.0 Å². The fourth-order valence-corrected chi connectivity index (χ4v) is 1.61. The van der Waals surface area contributed by atoms with Crippen LogP contribution in [0.4, 0.5) is 13.2 Å². The summed E-state index contributed by atoms with van der Waals surface area (Å²) in [6.45, 7) is 1.94. The van der Waals surface area contributed by atoms with E-state index >= 15 is 0 Å². The molecule has 3 nitrogen and oxygen atoms in total. The van der Waals surface area contributed by atoms with Crippen molar-refractivity contribution in [3.8, 4) is 5.75 Å². The molecule has 2 N–H and O–H groups in total. The zero-order chi connectivity index (χ0) is 17.9. The van der Waals surface area contributed by atoms with E-state index in [9.17, 15) is 13.2 Å². The van der Waals surface area contributed by atoms with Gasteiger partial charge in [0, 0.05) is 4.90 Å². The van der Waals surface area contributed by atoms with E-state index in [1.807, 2.05) is 37.3 Å². The first-order valence-corrected chi connectivity index (χ1v) is 7.54. The summed E-state index contributed by atoms with van der Waals surface area (Å²) in [4.78, 5) is 10.2. The van der Waals surface area contributed by atoms with Crippen LogP contribution in [0.1, 0.15) is 5.56 Å². The maximum atomic E-state index is 10.6. The lowest BCUT2D eigenvalue weighted by Crippen LogP contribution is -2.21. The number of benzene rings is 2. The Morgan fingerprint density at radius 2 is 1.57 bits per heavy atom. The Kier molecular flexibility index (Phi) is 9.57. The Morgan fingerprint density at radius 1 is 1.04 bits per heavy atom. The lowest BCUT2D eigenvalue weighted by Gasteiger charge is -1.93. The number of phenolic OH excluding ortho intramolecular Hbond substituents is 1. The molecule has 0 spiro atoms. The number of aliphatic carboxylic acids is 1. The van der Waals surface area contributed by atoms with Crippen LogP contribution < -0.4 is 0 Å². The van der Waals surface area contributed by atoms with Crippen LogP contribution in [0.2, 0.25) is 0 Å². The van der Waals surface area contributed by atoms with Crippen molar-refractivity contribution in [1.29, 1.82) is 0 Å². The van der Waals surface area contributed by atoms with Gasteiger partial charge in [0.25, 0.3) is 0 Å². The number of aromatic hydroxyl groups is 1. The molecule has 0 aliphatic carbocycles. The third-order valence-electron chi connectivity index (χ3n) is 2.22. The summed E-state index contributed by atoms with van der Waals surface area (Å²) in [7, 11) is 0. The van der Waals surface area contributed by atoms with E-state index in [1.54, 1.807) is 23.9 Å². The standard InChI is InChI=1S/C7H8O.C7H8S.C2HF3O2/c1-6-3-2-4-7(8)5-6;1-8-7-5-3-2-4-6-7;3-2(4,5)1(6)7/h2-5,8H,1H3;2-6H,1H3;(H,6,7). The Hall–Kier alpha value is -2.15. The fourth-order valence-electron chi connectivity index (χ4n) is 1.18. The average molecular weight is 346 g/mol. The molecule has 0 amide bonds. The van der Waals surface area contributed by atoms with Gasteiger partial charge in [-0.2, -0.15) is 13.2 Å². The number of halogens is 3. The molecule has 0 aromatic heterocycles. The maximum absolute atomic E-state index is 10.6. The molecule has 7 heteroatoms. The monoisotopic (exact) mass is 346 g/mol. The van der Waals surface area contributed by atoms with Crippen molar-refractivity contribution in [2.24, 2.45) is 0 Å². The maximum Gasteiger partial charge on any atom is 0.490 e. The number of thioether (sulfide) groups is 1. The van der Waals surface area contributed by atoms with Crippen molar-refractivity contribution in [2.45, 2.75) is 18.0 Å². The Morgan fingerprint density at radius 3 is 1.83 bits per heavy atom. The van der Waals surface area contributed by atoms with Crippen LogP contribution in [-0.2, 0) is 4.79 Å². The highest BCUT2D eigenvalue weighted by molar-refractivity contribution is 7.98. The molecule has 0 aliphatic heterocycles. The van der Waals surface area contributed by atoms with Crippen LogP contribution in [0.25, 0.3) is 0 Å². The Bertz CT molecular complexity index is 569. The largest absolute Gasteiger partial charge is 0.508 e. The number of alkyl halides is 3. The van der Waals surface area contributed by atoms with Gasteiger partial charge in [-0.15, -0.1) is 11.8 Å². The number of rotatable bonds is 1. The van der Waals surface area contributed by atoms with Crippen LogP contribution in [-0.4, -0.2) is 28.6 Å².